The van der Waals surface area contributed by atoms with Gasteiger partial charge in [-0.3, -0.25) is 4.79 Å². The molecule has 1 heterocycles. The van der Waals surface area contributed by atoms with E-state index in [1.807, 2.05) is 23.0 Å². The van der Waals surface area contributed by atoms with E-state index < -0.39 is 0 Å². The van der Waals surface area contributed by atoms with Crippen LogP contribution in [0.4, 0.5) is 0 Å². The van der Waals surface area contributed by atoms with E-state index in [1.165, 1.54) is 12.7 Å². The van der Waals surface area contributed by atoms with E-state index in [0.717, 1.165) is 13.0 Å². The van der Waals surface area contributed by atoms with E-state index in [4.69, 9.17) is 0 Å². The molecule has 0 amide bonds. The van der Waals surface area contributed by atoms with Crippen molar-refractivity contribution in [3.63, 3.8) is 0 Å². The number of nitrogens with zero attached hydrogens (tertiary/aromatic N) is 1. The first kappa shape index (κ1) is 12.8. The van der Waals surface area contributed by atoms with E-state index in [2.05, 4.69) is 23.9 Å². The highest BCUT2D eigenvalue weighted by Crippen LogP contribution is 2.16. The summed E-state index contributed by atoms with van der Waals surface area (Å²) < 4.78 is 6.47. The van der Waals surface area contributed by atoms with Gasteiger partial charge in [-0.2, -0.15) is 0 Å². The highest BCUT2D eigenvalue weighted by molar-refractivity contribution is 5.68. The molecule has 0 saturated carbocycles. The highest BCUT2D eigenvalue weighted by atomic mass is 16.5. The molecule has 1 aromatic heterocycles. The number of carbonyl (C=O) groups excluding carboxylic acids is 1. The van der Waals surface area contributed by atoms with Gasteiger partial charge >= 0.3 is 5.97 Å². The van der Waals surface area contributed by atoms with Gasteiger partial charge in [0.15, 0.2) is 0 Å². The van der Waals surface area contributed by atoms with Gasteiger partial charge in [-0.05, 0) is 24.6 Å². The van der Waals surface area contributed by atoms with E-state index in [-0.39, 0.29) is 12.5 Å². The second-order valence-electron chi connectivity index (χ2n) is 3.71. The molecule has 1 rings (SSSR count). The Hall–Kier alpha value is -1.29. The first-order valence-electron chi connectivity index (χ1n) is 5.67. The van der Waals surface area contributed by atoms with Gasteiger partial charge in [0, 0.05) is 18.4 Å². The molecule has 0 bridgehead atoms. The van der Waals surface area contributed by atoms with Crippen molar-refractivity contribution in [1.29, 1.82) is 0 Å². The number of rotatable bonds is 6. The molecule has 0 aromatic carbocycles. The van der Waals surface area contributed by atoms with Crippen molar-refractivity contribution < 1.29 is 9.53 Å². The normalized spacial score (nSPS) is 12.4. The molecule has 4 nitrogen and oxygen atoms in total. The summed E-state index contributed by atoms with van der Waals surface area (Å²) in [5.74, 6) is -0.223. The molecule has 0 aliphatic rings. The fourth-order valence-electron chi connectivity index (χ4n) is 1.72. The maximum atomic E-state index is 11.1. The minimum absolute atomic E-state index is 0.223. The molecule has 0 radical (unpaired) electrons. The average molecular weight is 224 g/mol. The third-order valence-corrected chi connectivity index (χ3v) is 2.57. The SMILES string of the molecule is CCNC(CC)c1ccn(CC(=O)OC)c1. The molecule has 0 spiro atoms. The van der Waals surface area contributed by atoms with Crippen molar-refractivity contribution in [1.82, 2.24) is 9.88 Å². The molecular formula is C12H20N2O2. The van der Waals surface area contributed by atoms with Crippen LogP contribution in [0.25, 0.3) is 0 Å². The third kappa shape index (κ3) is 3.38. The predicted octanol–water partition coefficient (Wildman–Crippen LogP) is 1.72. The van der Waals surface area contributed by atoms with E-state index in [0.29, 0.717) is 6.04 Å². The largest absolute Gasteiger partial charge is 0.468 e. The Bertz CT molecular complexity index is 334. The summed E-state index contributed by atoms with van der Waals surface area (Å²) in [5, 5.41) is 3.40. The minimum atomic E-state index is -0.223. The summed E-state index contributed by atoms with van der Waals surface area (Å²) in [5.41, 5.74) is 1.22. The van der Waals surface area contributed by atoms with Crippen LogP contribution < -0.4 is 5.32 Å². The lowest BCUT2D eigenvalue weighted by atomic mass is 10.1. The zero-order valence-electron chi connectivity index (χ0n) is 10.2. The number of aromatic nitrogens is 1. The maximum absolute atomic E-state index is 11.1. The number of esters is 1. The van der Waals surface area contributed by atoms with Crippen molar-refractivity contribution in [3.8, 4) is 0 Å². The van der Waals surface area contributed by atoms with Crippen LogP contribution in [0.5, 0.6) is 0 Å². The standard InChI is InChI=1S/C12H20N2O2/c1-4-11(13-5-2)10-6-7-14(8-10)9-12(15)16-3/h6-8,11,13H,4-5,9H2,1-3H3. The van der Waals surface area contributed by atoms with Crippen molar-refractivity contribution in [2.24, 2.45) is 0 Å². The lowest BCUT2D eigenvalue weighted by Crippen LogP contribution is -2.19. The molecular weight excluding hydrogens is 204 g/mol. The first-order valence-corrected chi connectivity index (χ1v) is 5.67. The predicted molar refractivity (Wildman–Crippen MR) is 63.2 cm³/mol. The number of nitrogens with one attached hydrogen (secondary N) is 1. The number of ether oxygens (including phenoxy) is 1. The Morgan fingerprint density at radius 3 is 2.88 bits per heavy atom. The van der Waals surface area contributed by atoms with Crippen LogP contribution >= 0.6 is 0 Å². The van der Waals surface area contributed by atoms with Crippen LogP contribution in [-0.2, 0) is 16.1 Å². The van der Waals surface area contributed by atoms with Gasteiger partial charge < -0.3 is 14.6 Å². The Balaban J connectivity index is 2.65. The van der Waals surface area contributed by atoms with Crippen LogP contribution in [0.2, 0.25) is 0 Å². The number of methoxy groups -OCH3 is 1. The molecule has 16 heavy (non-hydrogen) atoms. The second-order valence-corrected chi connectivity index (χ2v) is 3.71. The fourth-order valence-corrected chi connectivity index (χ4v) is 1.72. The zero-order chi connectivity index (χ0) is 12.0. The summed E-state index contributed by atoms with van der Waals surface area (Å²) in [6.45, 7) is 5.46. The fraction of sp³-hybridized carbons (Fsp3) is 0.583. The van der Waals surface area contributed by atoms with Crippen LogP contribution in [0, 0.1) is 0 Å². The summed E-state index contributed by atoms with van der Waals surface area (Å²) in [7, 11) is 1.40. The van der Waals surface area contributed by atoms with E-state index in [9.17, 15) is 4.79 Å². The summed E-state index contributed by atoms with van der Waals surface area (Å²) in [6.07, 6.45) is 4.94. The van der Waals surface area contributed by atoms with Gasteiger partial charge in [0.1, 0.15) is 6.54 Å². The Kier molecular flexibility index (Phi) is 5.05. The summed E-state index contributed by atoms with van der Waals surface area (Å²) in [6, 6.07) is 2.41. The first-order chi connectivity index (χ1) is 7.71. The molecule has 1 N–H and O–H groups in total. The molecule has 1 unspecified atom stereocenters. The molecule has 90 valence electrons. The number of hydrogen-bond acceptors (Lipinski definition) is 3. The summed E-state index contributed by atoms with van der Waals surface area (Å²) in [4.78, 5) is 11.1. The molecule has 1 atom stereocenters. The molecule has 0 aliphatic carbocycles. The van der Waals surface area contributed by atoms with Crippen molar-refractivity contribution >= 4 is 5.97 Å². The van der Waals surface area contributed by atoms with Crippen LogP contribution in [0.1, 0.15) is 31.9 Å². The van der Waals surface area contributed by atoms with Gasteiger partial charge in [0.25, 0.3) is 0 Å². The molecule has 0 aliphatic heterocycles. The van der Waals surface area contributed by atoms with Crippen LogP contribution in [0.15, 0.2) is 18.5 Å². The van der Waals surface area contributed by atoms with Gasteiger partial charge in [-0.25, -0.2) is 0 Å². The maximum Gasteiger partial charge on any atom is 0.325 e. The number of carbonyl (C=O) groups is 1. The quantitative estimate of drug-likeness (QED) is 0.748. The van der Waals surface area contributed by atoms with Crippen LogP contribution in [-0.4, -0.2) is 24.2 Å². The Labute approximate surface area is 96.6 Å². The third-order valence-electron chi connectivity index (χ3n) is 2.57. The molecule has 0 fully saturated rings. The van der Waals surface area contributed by atoms with Crippen molar-refractivity contribution in [3.05, 3.63) is 24.0 Å². The average Bonchev–Trinajstić information content (AvgIpc) is 2.74. The van der Waals surface area contributed by atoms with Crippen LogP contribution in [0.3, 0.4) is 0 Å². The monoisotopic (exact) mass is 224 g/mol. The van der Waals surface area contributed by atoms with Crippen molar-refractivity contribution in [2.75, 3.05) is 13.7 Å². The van der Waals surface area contributed by atoms with Crippen molar-refractivity contribution in [2.45, 2.75) is 32.9 Å². The summed E-state index contributed by atoms with van der Waals surface area (Å²) >= 11 is 0. The Morgan fingerprint density at radius 1 is 1.56 bits per heavy atom. The lowest BCUT2D eigenvalue weighted by molar-refractivity contribution is -0.141. The lowest BCUT2D eigenvalue weighted by Gasteiger charge is -2.13. The molecule has 1 aromatic rings. The van der Waals surface area contributed by atoms with Gasteiger partial charge in [-0.1, -0.05) is 13.8 Å². The van der Waals surface area contributed by atoms with Gasteiger partial charge in [0.05, 0.1) is 7.11 Å². The Morgan fingerprint density at radius 2 is 2.31 bits per heavy atom. The topological polar surface area (TPSA) is 43.3 Å². The highest BCUT2D eigenvalue weighted by Gasteiger charge is 2.10. The number of hydrogen-bond donors (Lipinski definition) is 1. The van der Waals surface area contributed by atoms with E-state index >= 15 is 0 Å². The minimum Gasteiger partial charge on any atom is -0.468 e. The molecule has 0 saturated heterocycles. The second kappa shape index (κ2) is 6.33. The van der Waals surface area contributed by atoms with E-state index in [1.54, 1.807) is 0 Å². The smallest absolute Gasteiger partial charge is 0.325 e. The molecule has 4 heteroatoms. The van der Waals surface area contributed by atoms with Gasteiger partial charge in [-0.15, -0.1) is 0 Å². The van der Waals surface area contributed by atoms with Gasteiger partial charge in [0.2, 0.25) is 0 Å². The zero-order valence-corrected chi connectivity index (χ0v) is 10.2.